The third-order valence-electron chi connectivity index (χ3n) is 0.824. The van der Waals surface area contributed by atoms with Gasteiger partial charge in [0.2, 0.25) is 0 Å². The van der Waals surface area contributed by atoms with Gasteiger partial charge in [0.15, 0.2) is 0 Å². The first-order valence-corrected chi connectivity index (χ1v) is 2.10. The fourth-order valence-electron chi connectivity index (χ4n) is 0.145. The summed E-state index contributed by atoms with van der Waals surface area (Å²) < 4.78 is 0. The summed E-state index contributed by atoms with van der Waals surface area (Å²) in [5.74, 6) is 0. The lowest BCUT2D eigenvalue weighted by Crippen LogP contribution is -2.04. The van der Waals surface area contributed by atoms with Crippen LogP contribution in [0.3, 0.4) is 0 Å². The maximum Gasteiger partial charge on any atom is 0.101 e. The van der Waals surface area contributed by atoms with Gasteiger partial charge in [0.1, 0.15) is 11.4 Å². The quantitative estimate of drug-likeness (QED) is 0.230. The molecule has 0 aliphatic heterocycles. The molecule has 0 saturated carbocycles. The molecule has 0 spiro atoms. The smallest absolute Gasteiger partial charge is 0.101 e. The Hall–Kier alpha value is -0.995. The first-order chi connectivity index (χ1) is 3.72. The Morgan fingerprint density at radius 1 is 1.00 bits per heavy atom. The highest BCUT2D eigenvalue weighted by Crippen LogP contribution is 1.79. The van der Waals surface area contributed by atoms with E-state index in [-0.39, 0.29) is 8.41 Å². The Morgan fingerprint density at radius 2 is 1.22 bits per heavy atom. The Balaban J connectivity index is 0. The lowest BCUT2D eigenvalue weighted by atomic mass is 10.3. The van der Waals surface area contributed by atoms with Crippen LogP contribution in [0.4, 0.5) is 0 Å². The van der Waals surface area contributed by atoms with Crippen molar-refractivity contribution in [2.45, 2.75) is 13.8 Å². The molecule has 0 rings (SSSR count). The van der Waals surface area contributed by atoms with E-state index in [4.69, 9.17) is 10.4 Å². The topological polar surface area (TPSA) is 65.2 Å². The number of oxime groups is 2. The number of rotatable bonds is 1. The van der Waals surface area contributed by atoms with E-state index >= 15 is 0 Å². The summed E-state index contributed by atoms with van der Waals surface area (Å²) in [5, 5.41) is 21.6. The summed E-state index contributed by atoms with van der Waals surface area (Å²) in [7, 11) is 0. The molecule has 0 heterocycles. The number of hydrogen-bond donors (Lipinski definition) is 2. The van der Waals surface area contributed by atoms with Crippen molar-refractivity contribution in [1.29, 1.82) is 0 Å². The van der Waals surface area contributed by atoms with Crippen LogP contribution in [0.15, 0.2) is 10.3 Å². The third-order valence-corrected chi connectivity index (χ3v) is 0.824. The van der Waals surface area contributed by atoms with Crippen molar-refractivity contribution >= 4 is 19.8 Å². The monoisotopic (exact) mass is 127 g/mol. The Bertz CT molecular complexity index is 117. The van der Waals surface area contributed by atoms with Crippen LogP contribution in [0.1, 0.15) is 13.8 Å². The van der Waals surface area contributed by atoms with Crippen molar-refractivity contribution in [1.82, 2.24) is 0 Å². The highest BCUT2D eigenvalue weighted by atomic mass is 16.4. The SMILES string of the molecule is CC(=NO)C(C)=NO.[B]. The molecule has 49 valence electrons. The average molecular weight is 127 g/mol. The molecule has 0 aliphatic rings. The van der Waals surface area contributed by atoms with Crippen LogP contribution in [0.5, 0.6) is 0 Å². The lowest BCUT2D eigenvalue weighted by Gasteiger charge is -1.88. The van der Waals surface area contributed by atoms with Crippen molar-refractivity contribution in [2.75, 3.05) is 0 Å². The van der Waals surface area contributed by atoms with Crippen molar-refractivity contribution in [3.8, 4) is 0 Å². The van der Waals surface area contributed by atoms with Gasteiger partial charge in [-0.15, -0.1) is 0 Å². The molecule has 0 bridgehead atoms. The summed E-state index contributed by atoms with van der Waals surface area (Å²) in [5.41, 5.74) is 0.625. The van der Waals surface area contributed by atoms with Gasteiger partial charge in [0.05, 0.1) is 0 Å². The van der Waals surface area contributed by atoms with E-state index in [1.165, 1.54) is 13.8 Å². The molecule has 0 unspecified atom stereocenters. The summed E-state index contributed by atoms with van der Waals surface area (Å²) >= 11 is 0. The van der Waals surface area contributed by atoms with Gasteiger partial charge in [-0.2, -0.15) is 0 Å². The third kappa shape index (κ3) is 3.58. The molecule has 0 aliphatic carbocycles. The van der Waals surface area contributed by atoms with E-state index in [0.717, 1.165) is 0 Å². The Morgan fingerprint density at radius 3 is 1.33 bits per heavy atom. The summed E-state index contributed by atoms with van der Waals surface area (Å²) in [6.07, 6.45) is 0. The minimum atomic E-state index is 0. The molecule has 4 nitrogen and oxygen atoms in total. The van der Waals surface area contributed by atoms with Gasteiger partial charge in [0.25, 0.3) is 0 Å². The predicted octanol–water partition coefficient (Wildman–Crippen LogP) is 0.306. The van der Waals surface area contributed by atoms with Crippen molar-refractivity contribution in [2.24, 2.45) is 10.3 Å². The van der Waals surface area contributed by atoms with E-state index in [1.54, 1.807) is 0 Å². The zero-order valence-electron chi connectivity index (χ0n) is 5.37. The van der Waals surface area contributed by atoms with E-state index in [0.29, 0.717) is 11.4 Å². The van der Waals surface area contributed by atoms with Gasteiger partial charge in [0, 0.05) is 8.41 Å². The zero-order valence-corrected chi connectivity index (χ0v) is 5.37. The molecule has 0 atom stereocenters. The van der Waals surface area contributed by atoms with Crippen LogP contribution in [0.25, 0.3) is 0 Å². The molecule has 9 heavy (non-hydrogen) atoms. The minimum Gasteiger partial charge on any atom is -0.411 e. The molecular weight excluding hydrogens is 119 g/mol. The van der Waals surface area contributed by atoms with Crippen LogP contribution >= 0.6 is 0 Å². The molecule has 0 aromatic heterocycles. The van der Waals surface area contributed by atoms with Crippen LogP contribution in [0.2, 0.25) is 0 Å². The van der Waals surface area contributed by atoms with E-state index in [9.17, 15) is 0 Å². The second-order valence-corrected chi connectivity index (χ2v) is 1.37. The highest BCUT2D eigenvalue weighted by Gasteiger charge is 1.93. The molecule has 0 aromatic rings. The van der Waals surface area contributed by atoms with Crippen molar-refractivity contribution < 1.29 is 10.4 Å². The van der Waals surface area contributed by atoms with Crippen LogP contribution in [-0.4, -0.2) is 30.3 Å². The van der Waals surface area contributed by atoms with Gasteiger partial charge in [-0.1, -0.05) is 10.3 Å². The normalized spacial score (nSPS) is 12.7. The first-order valence-electron chi connectivity index (χ1n) is 2.10. The fourth-order valence-corrected chi connectivity index (χ4v) is 0.145. The van der Waals surface area contributed by atoms with Crippen molar-refractivity contribution in [3.05, 3.63) is 0 Å². The van der Waals surface area contributed by atoms with Gasteiger partial charge in [-0.25, -0.2) is 0 Å². The molecule has 0 saturated heterocycles. The highest BCUT2D eigenvalue weighted by molar-refractivity contribution is 6.40. The summed E-state index contributed by atoms with van der Waals surface area (Å²) in [6, 6.07) is 0. The molecule has 5 heteroatoms. The van der Waals surface area contributed by atoms with Crippen molar-refractivity contribution in [3.63, 3.8) is 0 Å². The molecule has 0 amide bonds. The molecule has 0 fully saturated rings. The first kappa shape index (κ1) is 10.9. The van der Waals surface area contributed by atoms with Crippen LogP contribution in [-0.2, 0) is 0 Å². The minimum absolute atomic E-state index is 0. The summed E-state index contributed by atoms with van der Waals surface area (Å²) in [4.78, 5) is 0. The lowest BCUT2D eigenvalue weighted by molar-refractivity contribution is 0.313. The molecule has 2 N–H and O–H groups in total. The van der Waals surface area contributed by atoms with Gasteiger partial charge in [-0.05, 0) is 13.8 Å². The van der Waals surface area contributed by atoms with Gasteiger partial charge < -0.3 is 10.4 Å². The largest absolute Gasteiger partial charge is 0.411 e. The Kier molecular flexibility index (Phi) is 6.23. The maximum atomic E-state index is 8.03. The average Bonchev–Trinajstić information content (AvgIpc) is 1.84. The van der Waals surface area contributed by atoms with Gasteiger partial charge in [-0.3, -0.25) is 0 Å². The molecule has 0 aromatic carbocycles. The summed E-state index contributed by atoms with van der Waals surface area (Å²) in [6.45, 7) is 3.07. The molecular formula is C4H8BN2O2. The van der Waals surface area contributed by atoms with Crippen LogP contribution < -0.4 is 0 Å². The second kappa shape index (κ2) is 5.15. The Labute approximate surface area is 55.4 Å². The second-order valence-electron chi connectivity index (χ2n) is 1.37. The maximum absolute atomic E-state index is 8.03. The predicted molar refractivity (Wildman–Crippen MR) is 35.5 cm³/mol. The van der Waals surface area contributed by atoms with E-state index < -0.39 is 0 Å². The number of nitrogens with zero attached hydrogens (tertiary/aromatic N) is 2. The standard InChI is InChI=1S/C4H8N2O2.B/c1-3(5-7)4(2)6-8;/h7-8H,1-2H3;. The fraction of sp³-hybridized carbons (Fsp3) is 0.500. The van der Waals surface area contributed by atoms with E-state index in [2.05, 4.69) is 10.3 Å². The zero-order chi connectivity index (χ0) is 6.57. The van der Waals surface area contributed by atoms with E-state index in [1.807, 2.05) is 0 Å². The number of hydrogen-bond acceptors (Lipinski definition) is 4. The van der Waals surface area contributed by atoms with Gasteiger partial charge >= 0.3 is 0 Å². The molecule has 3 radical (unpaired) electrons. The van der Waals surface area contributed by atoms with Crippen LogP contribution in [0, 0.1) is 0 Å².